The monoisotopic (exact) mass is 465 g/mol. The summed E-state index contributed by atoms with van der Waals surface area (Å²) in [6, 6.07) is 9.54. The molecular weight excluding hydrogens is 438 g/mol. The Morgan fingerprint density at radius 1 is 1.35 bits per heavy atom. The van der Waals surface area contributed by atoms with Gasteiger partial charge in [0.2, 0.25) is 5.89 Å². The minimum atomic E-state index is -0.250. The van der Waals surface area contributed by atoms with Crippen LogP contribution in [-0.4, -0.2) is 68.8 Å². The molecule has 0 radical (unpaired) electrons. The number of hydrogen-bond donors (Lipinski definition) is 2. The predicted octanol–water partition coefficient (Wildman–Crippen LogP) is 2.04. The van der Waals surface area contributed by atoms with Crippen LogP contribution in [0, 0.1) is 18.8 Å². The van der Waals surface area contributed by atoms with E-state index in [0.717, 1.165) is 36.8 Å². The molecule has 2 bridgehead atoms. The van der Waals surface area contributed by atoms with Crippen LogP contribution >= 0.6 is 0 Å². The highest BCUT2D eigenvalue weighted by atomic mass is 16.5. The van der Waals surface area contributed by atoms with Gasteiger partial charge < -0.3 is 19.7 Å². The van der Waals surface area contributed by atoms with Gasteiger partial charge in [0, 0.05) is 43.1 Å². The number of carbonyl (C=O) groups excluding carboxylic acids is 1. The highest BCUT2D eigenvalue weighted by molar-refractivity contribution is 6.05. The summed E-state index contributed by atoms with van der Waals surface area (Å²) >= 11 is 0. The minimum absolute atomic E-state index is 0.0494. The Morgan fingerprint density at radius 2 is 2.18 bits per heavy atom. The van der Waals surface area contributed by atoms with Crippen LogP contribution in [0.25, 0.3) is 10.9 Å². The molecule has 3 saturated heterocycles. The molecule has 3 aromatic rings. The van der Waals surface area contributed by atoms with Gasteiger partial charge in [0.1, 0.15) is 0 Å². The quantitative estimate of drug-likeness (QED) is 0.544. The highest BCUT2D eigenvalue weighted by Crippen LogP contribution is 2.54. The predicted molar refractivity (Wildman–Crippen MR) is 121 cm³/mol. The van der Waals surface area contributed by atoms with E-state index >= 15 is 0 Å². The molecule has 2 aromatic heterocycles. The molecule has 3 fully saturated rings. The van der Waals surface area contributed by atoms with Crippen LogP contribution in [0.15, 0.2) is 41.1 Å². The average molecular weight is 466 g/mol. The number of carboxylic acid groups (broad SMARTS) is 1. The fourth-order valence-electron chi connectivity index (χ4n) is 5.88. The summed E-state index contributed by atoms with van der Waals surface area (Å²) in [6.45, 7) is 4.67. The first-order valence-electron chi connectivity index (χ1n) is 11.4. The Morgan fingerprint density at radius 3 is 2.97 bits per heavy atom. The van der Waals surface area contributed by atoms with E-state index in [0.29, 0.717) is 42.2 Å². The zero-order valence-electron chi connectivity index (χ0n) is 18.9. The molecule has 0 unspecified atom stereocenters. The molecule has 0 saturated carbocycles. The van der Waals surface area contributed by atoms with Crippen molar-refractivity contribution in [2.45, 2.75) is 38.0 Å². The Labute approximate surface area is 196 Å². The van der Waals surface area contributed by atoms with E-state index in [4.69, 9.17) is 19.2 Å². The van der Waals surface area contributed by atoms with Gasteiger partial charge in [0.25, 0.3) is 12.4 Å². The summed E-state index contributed by atoms with van der Waals surface area (Å²) in [5, 5.41) is 14.9. The molecule has 3 aliphatic rings. The van der Waals surface area contributed by atoms with Gasteiger partial charge in [0.05, 0.1) is 29.3 Å². The van der Waals surface area contributed by atoms with Crippen molar-refractivity contribution in [2.75, 3.05) is 19.6 Å². The number of ether oxygens (including phenoxy) is 1. The Kier molecular flexibility index (Phi) is 6.01. The van der Waals surface area contributed by atoms with E-state index in [1.165, 1.54) is 0 Å². The van der Waals surface area contributed by atoms with Crippen molar-refractivity contribution in [1.29, 1.82) is 0 Å². The SMILES string of the molecule is Cc1noc(CN2C[C@@H]3[C@H](CNC(=O)c4ccnc5ccccc45)[C@H]4CC[C@]3(C2)O4)n1.O=CO. The molecule has 5 heterocycles. The van der Waals surface area contributed by atoms with Crippen molar-refractivity contribution >= 4 is 23.3 Å². The first kappa shape index (κ1) is 22.4. The fraction of sp³-hybridized carbons (Fsp3) is 0.458. The number of nitrogens with zero attached hydrogens (tertiary/aromatic N) is 4. The minimum Gasteiger partial charge on any atom is -0.483 e. The van der Waals surface area contributed by atoms with Gasteiger partial charge in [-0.3, -0.25) is 19.5 Å². The van der Waals surface area contributed by atoms with Crippen molar-refractivity contribution in [1.82, 2.24) is 25.3 Å². The lowest BCUT2D eigenvalue weighted by Gasteiger charge is -2.29. The van der Waals surface area contributed by atoms with Gasteiger partial charge in [-0.15, -0.1) is 0 Å². The topological polar surface area (TPSA) is 131 Å². The number of carbonyl (C=O) groups is 2. The van der Waals surface area contributed by atoms with Gasteiger partial charge in [0.15, 0.2) is 5.82 Å². The maximum absolute atomic E-state index is 13.0. The van der Waals surface area contributed by atoms with E-state index in [2.05, 4.69) is 25.3 Å². The molecule has 3 aliphatic heterocycles. The van der Waals surface area contributed by atoms with Gasteiger partial charge in [-0.2, -0.15) is 4.98 Å². The van der Waals surface area contributed by atoms with E-state index in [9.17, 15) is 4.79 Å². The van der Waals surface area contributed by atoms with E-state index < -0.39 is 0 Å². The summed E-state index contributed by atoms with van der Waals surface area (Å²) in [5.41, 5.74) is 1.41. The molecule has 4 atom stereocenters. The maximum atomic E-state index is 13.0. The molecule has 1 spiro atoms. The maximum Gasteiger partial charge on any atom is 0.290 e. The van der Waals surface area contributed by atoms with Gasteiger partial charge in [-0.25, -0.2) is 0 Å². The lowest BCUT2D eigenvalue weighted by atomic mass is 9.73. The summed E-state index contributed by atoms with van der Waals surface area (Å²) in [5.74, 6) is 1.99. The largest absolute Gasteiger partial charge is 0.483 e. The van der Waals surface area contributed by atoms with E-state index in [1.807, 2.05) is 31.2 Å². The number of benzene rings is 1. The highest BCUT2D eigenvalue weighted by Gasteiger charge is 2.62. The van der Waals surface area contributed by atoms with Gasteiger partial charge >= 0.3 is 0 Å². The van der Waals surface area contributed by atoms with Crippen LogP contribution in [-0.2, 0) is 16.1 Å². The van der Waals surface area contributed by atoms with Crippen molar-refractivity contribution in [3.8, 4) is 0 Å². The molecule has 1 amide bonds. The number of hydrogen-bond acceptors (Lipinski definition) is 8. The molecule has 0 aliphatic carbocycles. The van der Waals surface area contributed by atoms with E-state index in [-0.39, 0.29) is 24.1 Å². The standard InChI is InChI=1S/C23H25N5O3.CH2O2/c1-14-26-21(31-27-14)12-28-11-18-17(20-6-8-23(18,13-28)30-20)10-25-22(29)16-7-9-24-19-5-3-2-4-15(16)19;2-1-3/h2-5,7,9,17-18,20H,6,8,10-13H2,1H3,(H,25,29);1H,(H,2,3)/t17-,18+,20+,23+;/m0./s1. The van der Waals surface area contributed by atoms with Crippen LogP contribution in [0.1, 0.15) is 34.9 Å². The Bertz CT molecular complexity index is 1190. The second-order valence-electron chi connectivity index (χ2n) is 9.13. The van der Waals surface area contributed by atoms with Crippen LogP contribution in [0.5, 0.6) is 0 Å². The van der Waals surface area contributed by atoms with Gasteiger partial charge in [-0.1, -0.05) is 23.4 Å². The number of aryl methyl sites for hydroxylation is 1. The molecule has 178 valence electrons. The lowest BCUT2D eigenvalue weighted by Crippen LogP contribution is -2.41. The third kappa shape index (κ3) is 4.03. The molecular formula is C24H27N5O5. The molecule has 34 heavy (non-hydrogen) atoms. The summed E-state index contributed by atoms with van der Waals surface area (Å²) in [7, 11) is 0. The first-order chi connectivity index (χ1) is 16.5. The summed E-state index contributed by atoms with van der Waals surface area (Å²) in [4.78, 5) is 32.4. The third-order valence-corrected chi connectivity index (χ3v) is 7.17. The lowest BCUT2D eigenvalue weighted by molar-refractivity contribution is -0.122. The summed E-state index contributed by atoms with van der Waals surface area (Å²) in [6.07, 6.45) is 4.07. The number of para-hydroxylation sites is 1. The van der Waals surface area contributed by atoms with Crippen LogP contribution in [0.3, 0.4) is 0 Å². The number of likely N-dealkylation sites (tertiary alicyclic amines) is 1. The number of aromatic nitrogens is 3. The number of pyridine rings is 1. The number of fused-ring (bicyclic) bond motifs is 2. The molecule has 2 N–H and O–H groups in total. The summed E-state index contributed by atoms with van der Waals surface area (Å²) < 4.78 is 11.8. The average Bonchev–Trinajstić information content (AvgIpc) is 3.58. The second kappa shape index (κ2) is 9.11. The fourth-order valence-corrected chi connectivity index (χ4v) is 5.88. The smallest absolute Gasteiger partial charge is 0.290 e. The van der Waals surface area contributed by atoms with Crippen molar-refractivity contribution in [3.63, 3.8) is 0 Å². The first-order valence-corrected chi connectivity index (χ1v) is 11.4. The molecule has 6 rings (SSSR count). The third-order valence-electron chi connectivity index (χ3n) is 7.17. The van der Waals surface area contributed by atoms with Crippen LogP contribution in [0.4, 0.5) is 0 Å². The number of nitrogens with one attached hydrogen (secondary N) is 1. The number of rotatable bonds is 5. The van der Waals surface area contributed by atoms with Crippen molar-refractivity contribution < 1.29 is 24.0 Å². The second-order valence-corrected chi connectivity index (χ2v) is 9.13. The van der Waals surface area contributed by atoms with Crippen LogP contribution < -0.4 is 5.32 Å². The van der Waals surface area contributed by atoms with Crippen LogP contribution in [0.2, 0.25) is 0 Å². The van der Waals surface area contributed by atoms with Crippen molar-refractivity contribution in [3.05, 3.63) is 53.8 Å². The number of amides is 1. The molecule has 10 nitrogen and oxygen atoms in total. The Hall–Kier alpha value is -3.37. The molecule has 1 aromatic carbocycles. The molecule has 10 heteroatoms. The zero-order chi connectivity index (χ0) is 23.7. The normalized spacial score (nSPS) is 27.3. The Balaban J connectivity index is 0.000000764. The zero-order valence-corrected chi connectivity index (χ0v) is 18.9. The van der Waals surface area contributed by atoms with Gasteiger partial charge in [-0.05, 0) is 31.9 Å². The van der Waals surface area contributed by atoms with Crippen molar-refractivity contribution in [2.24, 2.45) is 11.8 Å². The van der Waals surface area contributed by atoms with E-state index in [1.54, 1.807) is 12.3 Å².